The van der Waals surface area contributed by atoms with E-state index in [4.69, 9.17) is 4.74 Å². The lowest BCUT2D eigenvalue weighted by atomic mass is 10.1. The predicted molar refractivity (Wildman–Crippen MR) is 92.2 cm³/mol. The number of rotatable bonds is 10. The number of carbonyl (C=O) groups excluding carboxylic acids is 2. The number of carbonyl (C=O) groups is 2. The van der Waals surface area contributed by atoms with E-state index in [1.807, 2.05) is 11.0 Å². The van der Waals surface area contributed by atoms with Gasteiger partial charge >= 0.3 is 5.97 Å². The molecule has 1 saturated heterocycles. The largest absolute Gasteiger partial charge is 0.466 e. The average Bonchev–Trinajstić information content (AvgIpc) is 2.56. The quantitative estimate of drug-likeness (QED) is 0.352. The molecule has 0 saturated carbocycles. The Morgan fingerprint density at radius 2 is 1.65 bits per heavy atom. The molecule has 0 aromatic carbocycles. The third kappa shape index (κ3) is 9.39. The normalized spacial score (nSPS) is 16.0. The highest BCUT2D eigenvalue weighted by Crippen LogP contribution is 2.07. The maximum atomic E-state index is 12.0. The lowest BCUT2D eigenvalue weighted by molar-refractivity contribution is -0.141. The lowest BCUT2D eigenvalue weighted by Crippen LogP contribution is -2.48. The number of hydrogen-bond donors (Lipinski definition) is 0. The molecule has 23 heavy (non-hydrogen) atoms. The van der Waals surface area contributed by atoms with E-state index in [1.165, 1.54) is 6.92 Å². The zero-order valence-corrected chi connectivity index (χ0v) is 14.8. The second kappa shape index (κ2) is 12.1. The van der Waals surface area contributed by atoms with Crippen LogP contribution in [0, 0.1) is 0 Å². The van der Waals surface area contributed by atoms with Gasteiger partial charge in [-0.2, -0.15) is 0 Å². The fourth-order valence-electron chi connectivity index (χ4n) is 2.68. The number of hydrogen-bond acceptors (Lipinski definition) is 4. The molecule has 1 amide bonds. The summed E-state index contributed by atoms with van der Waals surface area (Å²) >= 11 is 0. The van der Waals surface area contributed by atoms with Crippen molar-refractivity contribution in [2.75, 3.05) is 39.3 Å². The molecule has 0 N–H and O–H groups in total. The van der Waals surface area contributed by atoms with Gasteiger partial charge in [-0.25, -0.2) is 0 Å². The Labute approximate surface area is 140 Å². The van der Waals surface area contributed by atoms with Gasteiger partial charge in [0, 0.05) is 33.1 Å². The number of esters is 1. The van der Waals surface area contributed by atoms with Crippen LogP contribution in [-0.4, -0.2) is 61.0 Å². The molecular weight excluding hydrogens is 292 g/mol. The molecule has 0 aliphatic carbocycles. The summed E-state index contributed by atoms with van der Waals surface area (Å²) in [4.78, 5) is 26.9. The number of nitrogens with zero attached hydrogens (tertiary/aromatic N) is 2. The molecule has 132 valence electrons. The van der Waals surface area contributed by atoms with E-state index in [0.29, 0.717) is 6.61 Å². The van der Waals surface area contributed by atoms with Gasteiger partial charge in [-0.3, -0.25) is 9.59 Å². The Morgan fingerprint density at radius 3 is 2.30 bits per heavy atom. The van der Waals surface area contributed by atoms with Gasteiger partial charge in [0.05, 0.1) is 6.61 Å². The number of allylic oxidation sites excluding steroid dienone is 1. The second-order valence-electron chi connectivity index (χ2n) is 6.06. The van der Waals surface area contributed by atoms with Crippen molar-refractivity contribution in [3.8, 4) is 0 Å². The average molecular weight is 324 g/mol. The first-order chi connectivity index (χ1) is 11.1. The van der Waals surface area contributed by atoms with Gasteiger partial charge in [0.25, 0.3) is 0 Å². The van der Waals surface area contributed by atoms with Crippen molar-refractivity contribution in [2.45, 2.75) is 52.4 Å². The number of ether oxygens (including phenoxy) is 1. The number of amides is 1. The summed E-state index contributed by atoms with van der Waals surface area (Å²) in [5.74, 6) is -0.0435. The molecule has 1 fully saturated rings. The van der Waals surface area contributed by atoms with Gasteiger partial charge in [0.15, 0.2) is 0 Å². The molecule has 1 rings (SSSR count). The molecule has 0 radical (unpaired) electrons. The van der Waals surface area contributed by atoms with Crippen molar-refractivity contribution in [2.24, 2.45) is 0 Å². The van der Waals surface area contributed by atoms with Crippen molar-refractivity contribution in [3.63, 3.8) is 0 Å². The summed E-state index contributed by atoms with van der Waals surface area (Å²) in [5, 5.41) is 0. The Bertz CT molecular complexity index is 374. The topological polar surface area (TPSA) is 49.9 Å². The molecular formula is C18H32N2O3. The summed E-state index contributed by atoms with van der Waals surface area (Å²) in [6, 6.07) is 0. The second-order valence-corrected chi connectivity index (χ2v) is 6.06. The first-order valence-corrected chi connectivity index (χ1v) is 8.94. The van der Waals surface area contributed by atoms with E-state index < -0.39 is 0 Å². The highest BCUT2D eigenvalue weighted by Gasteiger charge is 2.17. The van der Waals surface area contributed by atoms with Crippen molar-refractivity contribution in [3.05, 3.63) is 12.2 Å². The van der Waals surface area contributed by atoms with E-state index in [9.17, 15) is 9.59 Å². The third-order valence-electron chi connectivity index (χ3n) is 4.21. The molecule has 1 aliphatic rings. The van der Waals surface area contributed by atoms with Crippen molar-refractivity contribution >= 4 is 11.9 Å². The molecule has 0 unspecified atom stereocenters. The van der Waals surface area contributed by atoms with E-state index >= 15 is 0 Å². The van der Waals surface area contributed by atoms with Crippen LogP contribution in [0.1, 0.15) is 52.4 Å². The van der Waals surface area contributed by atoms with Crippen LogP contribution in [0.3, 0.4) is 0 Å². The molecule has 5 heteroatoms. The number of likely N-dealkylation sites (N-methyl/N-ethyl adjacent to an activating group) is 1. The maximum Gasteiger partial charge on any atom is 0.302 e. The molecule has 1 aliphatic heterocycles. The summed E-state index contributed by atoms with van der Waals surface area (Å²) in [6.45, 7) is 8.88. The highest BCUT2D eigenvalue weighted by atomic mass is 16.5. The van der Waals surface area contributed by atoms with Gasteiger partial charge in [-0.15, -0.1) is 0 Å². The number of piperazine rings is 1. The first-order valence-electron chi connectivity index (χ1n) is 8.94. The SMILES string of the molecule is CCN1CCN(C(=O)C=CCCCCCCCOC(C)=O)CC1. The van der Waals surface area contributed by atoms with E-state index in [0.717, 1.165) is 71.2 Å². The van der Waals surface area contributed by atoms with Crippen molar-refractivity contribution in [1.82, 2.24) is 9.80 Å². The van der Waals surface area contributed by atoms with Crippen molar-refractivity contribution in [1.29, 1.82) is 0 Å². The minimum absolute atomic E-state index is 0.155. The minimum Gasteiger partial charge on any atom is -0.466 e. The fraction of sp³-hybridized carbons (Fsp3) is 0.778. The predicted octanol–water partition coefficient (Wildman–Crippen LogP) is 2.61. The summed E-state index contributed by atoms with van der Waals surface area (Å²) in [7, 11) is 0. The van der Waals surface area contributed by atoms with Crippen LogP contribution in [0.25, 0.3) is 0 Å². The molecule has 0 bridgehead atoms. The van der Waals surface area contributed by atoms with Crippen LogP contribution in [0.5, 0.6) is 0 Å². The van der Waals surface area contributed by atoms with Crippen LogP contribution >= 0.6 is 0 Å². The summed E-state index contributed by atoms with van der Waals surface area (Å²) in [6.07, 6.45) is 10.2. The van der Waals surface area contributed by atoms with E-state index in [1.54, 1.807) is 6.08 Å². The molecule has 1 heterocycles. The Hall–Kier alpha value is -1.36. The molecule has 0 spiro atoms. The van der Waals surface area contributed by atoms with Gasteiger partial charge in [0.1, 0.15) is 0 Å². The molecule has 0 aromatic heterocycles. The molecule has 0 atom stereocenters. The zero-order chi connectivity index (χ0) is 16.9. The van der Waals surface area contributed by atoms with Gasteiger partial charge in [-0.05, 0) is 31.9 Å². The zero-order valence-electron chi connectivity index (χ0n) is 14.8. The van der Waals surface area contributed by atoms with E-state index in [2.05, 4.69) is 11.8 Å². The lowest BCUT2D eigenvalue weighted by Gasteiger charge is -2.33. The van der Waals surface area contributed by atoms with Crippen LogP contribution in [0.4, 0.5) is 0 Å². The first kappa shape index (κ1) is 19.7. The number of unbranched alkanes of at least 4 members (excludes halogenated alkanes) is 5. The van der Waals surface area contributed by atoms with Crippen molar-refractivity contribution < 1.29 is 14.3 Å². The smallest absolute Gasteiger partial charge is 0.302 e. The summed E-state index contributed by atoms with van der Waals surface area (Å²) in [5.41, 5.74) is 0. The highest BCUT2D eigenvalue weighted by molar-refractivity contribution is 5.87. The van der Waals surface area contributed by atoms with Crippen LogP contribution in [0.15, 0.2) is 12.2 Å². The van der Waals surface area contributed by atoms with Gasteiger partial charge in [-0.1, -0.05) is 32.3 Å². The third-order valence-corrected chi connectivity index (χ3v) is 4.21. The van der Waals surface area contributed by atoms with Gasteiger partial charge in [0.2, 0.25) is 5.91 Å². The monoisotopic (exact) mass is 324 g/mol. The molecule has 0 aromatic rings. The molecule has 5 nitrogen and oxygen atoms in total. The van der Waals surface area contributed by atoms with Crippen LogP contribution in [-0.2, 0) is 14.3 Å². The standard InChI is InChI=1S/C18H32N2O3/c1-3-19-12-14-20(15-13-19)18(22)11-9-7-5-4-6-8-10-16-23-17(2)21/h9,11H,3-8,10,12-16H2,1-2H3. The van der Waals surface area contributed by atoms with E-state index in [-0.39, 0.29) is 11.9 Å². The van der Waals surface area contributed by atoms with Crippen LogP contribution < -0.4 is 0 Å². The maximum absolute atomic E-state index is 12.0. The Morgan fingerprint density at radius 1 is 1.00 bits per heavy atom. The summed E-state index contributed by atoms with van der Waals surface area (Å²) < 4.78 is 4.89. The fourth-order valence-corrected chi connectivity index (χ4v) is 2.68. The minimum atomic E-state index is -0.198. The Kier molecular flexibility index (Phi) is 10.4. The van der Waals surface area contributed by atoms with Crippen LogP contribution in [0.2, 0.25) is 0 Å². The Balaban J connectivity index is 1.97. The van der Waals surface area contributed by atoms with Gasteiger partial charge < -0.3 is 14.5 Å².